The molecule has 0 saturated carbocycles. The maximum atomic E-state index is 12.3. The van der Waals surface area contributed by atoms with Crippen molar-refractivity contribution in [3.8, 4) is 0 Å². The molecule has 3 amide bonds. The van der Waals surface area contributed by atoms with Crippen molar-refractivity contribution in [2.24, 2.45) is 11.7 Å². The number of ether oxygens (including phenoxy) is 5. The van der Waals surface area contributed by atoms with Gasteiger partial charge in [-0.15, -0.1) is 0 Å². The molecule has 2 rings (SSSR count). The van der Waals surface area contributed by atoms with E-state index in [1.165, 1.54) is 13.0 Å². The van der Waals surface area contributed by atoms with Crippen molar-refractivity contribution in [3.05, 3.63) is 42.5 Å². The Kier molecular flexibility index (Phi) is 15.0. The van der Waals surface area contributed by atoms with Crippen LogP contribution in [0.15, 0.2) is 36.9 Å². The number of anilines is 1. The van der Waals surface area contributed by atoms with Crippen molar-refractivity contribution in [2.75, 3.05) is 18.5 Å². The molecule has 0 unspecified atom stereocenters. The van der Waals surface area contributed by atoms with E-state index < -0.39 is 54.3 Å². The molecule has 0 spiro atoms. The number of amides is 3. The lowest BCUT2D eigenvalue weighted by molar-refractivity contribution is -0.294. The fourth-order valence-electron chi connectivity index (χ4n) is 4.54. The molecule has 4 N–H and O–H groups in total. The van der Waals surface area contributed by atoms with Crippen molar-refractivity contribution in [1.82, 2.24) is 5.32 Å². The van der Waals surface area contributed by atoms with E-state index >= 15 is 0 Å². The fourth-order valence-corrected chi connectivity index (χ4v) is 4.54. The van der Waals surface area contributed by atoms with Gasteiger partial charge >= 0.3 is 17.9 Å². The Bertz CT molecular complexity index is 1170. The van der Waals surface area contributed by atoms with Crippen molar-refractivity contribution < 1.29 is 52.5 Å². The van der Waals surface area contributed by atoms with E-state index in [2.05, 4.69) is 17.2 Å². The number of hydrogen-bond acceptors (Lipinski definition) is 11. The second-order valence-electron chi connectivity index (χ2n) is 10.2. The minimum Gasteiger partial charge on any atom is -0.463 e. The third kappa shape index (κ3) is 12.9. The fraction of sp³-hybridized carbons (Fsp3) is 0.533. The molecule has 242 valence electrons. The number of esters is 3. The molecule has 0 radical (unpaired) electrons. The van der Waals surface area contributed by atoms with E-state index in [9.17, 15) is 28.8 Å². The van der Waals surface area contributed by atoms with Crippen molar-refractivity contribution >= 4 is 41.3 Å². The summed E-state index contributed by atoms with van der Waals surface area (Å²) in [6.07, 6.45) is -1.22. The lowest BCUT2D eigenvalue weighted by Gasteiger charge is -2.44. The summed E-state index contributed by atoms with van der Waals surface area (Å²) < 4.78 is 27.9. The first-order valence-electron chi connectivity index (χ1n) is 14.2. The second-order valence-corrected chi connectivity index (χ2v) is 10.2. The number of nitrogens with one attached hydrogen (secondary N) is 2. The van der Waals surface area contributed by atoms with Crippen LogP contribution in [0, 0.1) is 5.92 Å². The van der Waals surface area contributed by atoms with Gasteiger partial charge in [-0.25, -0.2) is 0 Å². The molecule has 1 saturated heterocycles. The zero-order valence-electron chi connectivity index (χ0n) is 25.2. The number of benzene rings is 1. The molecule has 1 heterocycles. The number of primary amides is 1. The summed E-state index contributed by atoms with van der Waals surface area (Å²) in [6.45, 7) is 7.06. The number of unbranched alkanes of at least 4 members (excludes halogenated alkanes) is 2. The molecule has 1 fully saturated rings. The number of hydrogen-bond donors (Lipinski definition) is 3. The van der Waals surface area contributed by atoms with E-state index in [-0.39, 0.29) is 31.4 Å². The zero-order valence-corrected chi connectivity index (χ0v) is 25.2. The highest BCUT2D eigenvalue weighted by Gasteiger charge is 2.51. The summed E-state index contributed by atoms with van der Waals surface area (Å²) in [6, 6.07) is 6.86. The number of carbonyl (C=O) groups is 6. The largest absolute Gasteiger partial charge is 0.463 e. The number of nitrogens with two attached hydrogens (primary N) is 1. The molecular formula is C30H41N3O11. The highest BCUT2D eigenvalue weighted by molar-refractivity contribution is 5.90. The Hall–Kier alpha value is -4.30. The molecule has 1 aliphatic rings. The van der Waals surface area contributed by atoms with Gasteiger partial charge in [0, 0.05) is 45.8 Å². The second kappa shape index (κ2) is 18.4. The Labute approximate surface area is 255 Å². The van der Waals surface area contributed by atoms with E-state index in [0.717, 1.165) is 26.7 Å². The first-order chi connectivity index (χ1) is 20.9. The predicted octanol–water partition coefficient (Wildman–Crippen LogP) is 1.65. The van der Waals surface area contributed by atoms with Gasteiger partial charge in [-0.3, -0.25) is 28.8 Å². The molecule has 0 bridgehead atoms. The Morgan fingerprint density at radius 3 is 2.18 bits per heavy atom. The van der Waals surface area contributed by atoms with Crippen LogP contribution in [0.4, 0.5) is 5.69 Å². The summed E-state index contributed by atoms with van der Waals surface area (Å²) in [7, 11) is 0. The van der Waals surface area contributed by atoms with Crippen LogP contribution in [0.1, 0.15) is 58.4 Å². The quantitative estimate of drug-likeness (QED) is 0.0991. The summed E-state index contributed by atoms with van der Waals surface area (Å²) in [5, 5.41) is 5.51. The topological polar surface area (TPSA) is 199 Å². The molecule has 1 aliphatic heterocycles. The number of rotatable bonds is 17. The molecule has 1 aromatic rings. The van der Waals surface area contributed by atoms with Crippen LogP contribution in [-0.4, -0.2) is 73.4 Å². The van der Waals surface area contributed by atoms with Crippen LogP contribution in [0.2, 0.25) is 0 Å². The molecule has 0 aromatic heterocycles. The van der Waals surface area contributed by atoms with E-state index in [1.807, 2.05) is 0 Å². The Balaban J connectivity index is 2.05. The summed E-state index contributed by atoms with van der Waals surface area (Å²) in [4.78, 5) is 70.7. The molecule has 1 aromatic carbocycles. The molecule has 0 aliphatic carbocycles. The summed E-state index contributed by atoms with van der Waals surface area (Å²) >= 11 is 0. The van der Waals surface area contributed by atoms with Gasteiger partial charge < -0.3 is 40.1 Å². The lowest BCUT2D eigenvalue weighted by atomic mass is 9.87. The van der Waals surface area contributed by atoms with E-state index in [4.69, 9.17) is 29.4 Å². The monoisotopic (exact) mass is 619 g/mol. The first-order valence-corrected chi connectivity index (χ1v) is 14.2. The SMILES string of the molecule is C=CC(=O)NCCCCCC(=O)Nc1ccc(CO[C@H]2O[C@H](COC(C)=O)[C@@H](OC(C)=O)[C@H](OC(C)=O)[C@@H]2CC(N)=O)cc1. The van der Waals surface area contributed by atoms with E-state index in [0.29, 0.717) is 30.6 Å². The van der Waals surface area contributed by atoms with Gasteiger partial charge in [-0.1, -0.05) is 25.1 Å². The van der Waals surface area contributed by atoms with Crippen LogP contribution in [0.3, 0.4) is 0 Å². The predicted molar refractivity (Wildman–Crippen MR) is 155 cm³/mol. The highest BCUT2D eigenvalue weighted by Crippen LogP contribution is 2.34. The average Bonchev–Trinajstić information content (AvgIpc) is 2.95. The molecule has 14 nitrogen and oxygen atoms in total. The average molecular weight is 620 g/mol. The molecular weight excluding hydrogens is 578 g/mol. The van der Waals surface area contributed by atoms with Gasteiger partial charge in [0.25, 0.3) is 0 Å². The van der Waals surface area contributed by atoms with Crippen molar-refractivity contribution in [1.29, 1.82) is 0 Å². The number of carbonyl (C=O) groups excluding carboxylic acids is 6. The van der Waals surface area contributed by atoms with Gasteiger partial charge in [-0.2, -0.15) is 0 Å². The maximum Gasteiger partial charge on any atom is 0.303 e. The maximum absolute atomic E-state index is 12.3. The van der Waals surface area contributed by atoms with Crippen molar-refractivity contribution in [2.45, 2.75) is 84.1 Å². The smallest absolute Gasteiger partial charge is 0.303 e. The minimum atomic E-state index is -1.21. The Morgan fingerprint density at radius 2 is 1.59 bits per heavy atom. The molecule has 44 heavy (non-hydrogen) atoms. The van der Waals surface area contributed by atoms with Crippen LogP contribution >= 0.6 is 0 Å². The van der Waals surface area contributed by atoms with Crippen LogP contribution < -0.4 is 16.4 Å². The van der Waals surface area contributed by atoms with Crippen LogP contribution in [0.25, 0.3) is 0 Å². The van der Waals surface area contributed by atoms with Gasteiger partial charge in [0.1, 0.15) is 18.8 Å². The van der Waals surface area contributed by atoms with Gasteiger partial charge in [0.05, 0.1) is 12.5 Å². The third-order valence-electron chi connectivity index (χ3n) is 6.48. The standard InChI is InChI=1S/C30H41N3O11/c1-5-26(38)32-14-8-6-7-9-27(39)33-22-12-10-21(11-13-22)16-41-30-23(15-25(31)37)28(42-19(3)35)29(43-20(4)36)24(44-30)17-40-18(2)34/h5,10-13,23-24,28-30H,1,6-9,14-17H2,2-4H3,(H2,31,37)(H,32,38)(H,33,39)/t23-,24+,28+,29+,30-/m0/s1. The molecule has 5 atom stereocenters. The van der Waals surface area contributed by atoms with E-state index in [1.54, 1.807) is 24.3 Å². The lowest BCUT2D eigenvalue weighted by Crippen LogP contribution is -2.59. The Morgan fingerprint density at radius 1 is 0.932 bits per heavy atom. The van der Waals surface area contributed by atoms with Crippen LogP contribution in [0.5, 0.6) is 0 Å². The van der Waals surface area contributed by atoms with Gasteiger partial charge in [-0.05, 0) is 36.6 Å². The van der Waals surface area contributed by atoms with Crippen LogP contribution in [-0.2, 0) is 59.1 Å². The normalized spacial score (nSPS) is 20.9. The highest BCUT2D eigenvalue weighted by atomic mass is 16.7. The third-order valence-corrected chi connectivity index (χ3v) is 6.48. The molecule has 14 heteroatoms. The van der Waals surface area contributed by atoms with Gasteiger partial charge in [0.15, 0.2) is 12.4 Å². The zero-order chi connectivity index (χ0) is 32.6. The minimum absolute atomic E-state index is 0.0120. The van der Waals surface area contributed by atoms with Crippen molar-refractivity contribution in [3.63, 3.8) is 0 Å². The summed E-state index contributed by atoms with van der Waals surface area (Å²) in [5.41, 5.74) is 6.74. The first kappa shape index (κ1) is 35.9. The van der Waals surface area contributed by atoms with Gasteiger partial charge in [0.2, 0.25) is 17.7 Å². The summed E-state index contributed by atoms with van der Waals surface area (Å²) in [5.74, 6) is -4.08.